The Morgan fingerprint density at radius 3 is 2.21 bits per heavy atom. The van der Waals surface area contributed by atoms with Crippen molar-refractivity contribution in [3.63, 3.8) is 0 Å². The van der Waals surface area contributed by atoms with Gasteiger partial charge in [-0.3, -0.25) is 0 Å². The van der Waals surface area contributed by atoms with Crippen LogP contribution in [-0.4, -0.2) is 37.5 Å². The van der Waals surface area contributed by atoms with Crippen LogP contribution in [-0.2, 0) is 0 Å². The Kier molecular flexibility index (Phi) is 2.90. The summed E-state index contributed by atoms with van der Waals surface area (Å²) in [6.45, 7) is 0. The zero-order valence-corrected chi connectivity index (χ0v) is 9.33. The fraction of sp³-hybridized carbons (Fsp3) is 0.571. The van der Waals surface area contributed by atoms with Crippen molar-refractivity contribution in [3.8, 4) is 0 Å². The van der Waals surface area contributed by atoms with E-state index in [1.54, 1.807) is 19.0 Å². The van der Waals surface area contributed by atoms with Crippen molar-refractivity contribution in [2.45, 2.75) is 0 Å². The Hall–Kier alpha value is -1.37. The van der Waals surface area contributed by atoms with Crippen LogP contribution in [0.15, 0.2) is 0 Å². The molecule has 0 N–H and O–H groups in total. The molecule has 0 aromatic carbocycles. The average molecular weight is 216 g/mol. The minimum Gasteiger partial charge on any atom is -0.368 e. The summed E-state index contributed by atoms with van der Waals surface area (Å²) in [5.41, 5.74) is 0.560. The van der Waals surface area contributed by atoms with E-state index in [0.29, 0.717) is 5.69 Å². The molecule has 0 unspecified atom stereocenters. The number of nitrogens with zero attached hydrogens (tertiary/aromatic N) is 4. The molecule has 0 spiro atoms. The van der Waals surface area contributed by atoms with Gasteiger partial charge in [-0.15, -0.1) is 0 Å². The molecule has 0 saturated carbocycles. The largest absolute Gasteiger partial charge is 0.404 e. The normalized spacial score (nSPS) is 10.0. The van der Waals surface area contributed by atoms with Gasteiger partial charge >= 0.3 is 5.82 Å². The predicted molar refractivity (Wildman–Crippen MR) is 57.4 cm³/mol. The average Bonchev–Trinajstić information content (AvgIpc) is 2.46. The maximum Gasteiger partial charge on any atom is 0.404 e. The Bertz CT molecular complexity index is 347. The molecule has 0 saturated heterocycles. The second kappa shape index (κ2) is 3.79. The van der Waals surface area contributed by atoms with Crippen LogP contribution in [0.25, 0.3) is 0 Å². The molecule has 0 bridgehead atoms. The van der Waals surface area contributed by atoms with E-state index in [1.165, 1.54) is 0 Å². The monoisotopic (exact) mass is 216 g/mol. The molecule has 0 aliphatic rings. The lowest BCUT2D eigenvalue weighted by Gasteiger charge is -2.15. The Morgan fingerprint density at radius 1 is 1.29 bits per heavy atom. The van der Waals surface area contributed by atoms with Crippen LogP contribution in [0.4, 0.5) is 16.5 Å². The van der Waals surface area contributed by atoms with Crippen LogP contribution in [0, 0.1) is 10.1 Å². The lowest BCUT2D eigenvalue weighted by atomic mass is 10.4. The molecule has 0 fully saturated rings. The van der Waals surface area contributed by atoms with Gasteiger partial charge in [0.2, 0.25) is 0 Å². The van der Waals surface area contributed by atoms with E-state index in [1.807, 2.05) is 19.0 Å². The third kappa shape index (κ3) is 1.77. The number of nitro groups is 1. The van der Waals surface area contributed by atoms with Crippen molar-refractivity contribution in [1.82, 2.24) is 4.37 Å². The van der Waals surface area contributed by atoms with E-state index in [-0.39, 0.29) is 5.82 Å². The van der Waals surface area contributed by atoms with Crippen molar-refractivity contribution < 1.29 is 4.92 Å². The van der Waals surface area contributed by atoms with Crippen molar-refractivity contribution in [2.24, 2.45) is 0 Å². The molecular formula is C7H12N4O2S. The van der Waals surface area contributed by atoms with E-state index >= 15 is 0 Å². The molecule has 0 radical (unpaired) electrons. The first-order valence-corrected chi connectivity index (χ1v) is 4.71. The molecule has 78 valence electrons. The van der Waals surface area contributed by atoms with Crippen LogP contribution < -0.4 is 9.80 Å². The molecule has 1 aromatic rings. The molecule has 1 rings (SSSR count). The van der Waals surface area contributed by atoms with Gasteiger partial charge in [0.05, 0.1) is 0 Å². The molecule has 0 atom stereocenters. The minimum absolute atomic E-state index is 0.0799. The second-order valence-corrected chi connectivity index (χ2v) is 3.96. The van der Waals surface area contributed by atoms with Gasteiger partial charge in [-0.05, 0) is 4.92 Å². The molecule has 0 aliphatic heterocycles. The van der Waals surface area contributed by atoms with Crippen LogP contribution >= 0.6 is 11.5 Å². The summed E-state index contributed by atoms with van der Waals surface area (Å²) < 4.78 is 3.82. The Balaban J connectivity index is 3.27. The summed E-state index contributed by atoms with van der Waals surface area (Å²) in [7, 11) is 7.21. The lowest BCUT2D eigenvalue weighted by molar-refractivity contribution is -0.387. The molecule has 14 heavy (non-hydrogen) atoms. The SMILES string of the molecule is CN(C)c1snc([N+](=O)[O-])c1N(C)C. The van der Waals surface area contributed by atoms with Gasteiger partial charge in [-0.2, -0.15) is 0 Å². The molecular weight excluding hydrogens is 204 g/mol. The van der Waals surface area contributed by atoms with Crippen molar-refractivity contribution >= 4 is 28.0 Å². The van der Waals surface area contributed by atoms with Crippen LogP contribution in [0.3, 0.4) is 0 Å². The highest BCUT2D eigenvalue weighted by Crippen LogP contribution is 2.39. The molecule has 1 aromatic heterocycles. The first-order valence-electron chi connectivity index (χ1n) is 3.94. The fourth-order valence-electron chi connectivity index (χ4n) is 1.07. The van der Waals surface area contributed by atoms with Gasteiger partial charge < -0.3 is 19.9 Å². The van der Waals surface area contributed by atoms with E-state index in [9.17, 15) is 10.1 Å². The van der Waals surface area contributed by atoms with Crippen LogP contribution in [0.1, 0.15) is 0 Å². The lowest BCUT2D eigenvalue weighted by Crippen LogP contribution is -2.15. The third-order valence-electron chi connectivity index (χ3n) is 1.66. The zero-order chi connectivity index (χ0) is 10.9. The molecule has 1 heterocycles. The minimum atomic E-state index is -0.459. The molecule has 7 heteroatoms. The topological polar surface area (TPSA) is 62.5 Å². The number of anilines is 2. The summed E-state index contributed by atoms with van der Waals surface area (Å²) in [4.78, 5) is 13.7. The number of hydrogen-bond donors (Lipinski definition) is 0. The van der Waals surface area contributed by atoms with E-state index < -0.39 is 4.92 Å². The zero-order valence-electron chi connectivity index (χ0n) is 8.51. The van der Waals surface area contributed by atoms with Gasteiger partial charge in [-0.1, -0.05) is 0 Å². The standard InChI is InChI=1S/C7H12N4O2S/c1-9(2)5-6(11(12)13)8-14-7(5)10(3)4/h1-4H3. The second-order valence-electron chi connectivity index (χ2n) is 3.21. The van der Waals surface area contributed by atoms with E-state index in [0.717, 1.165) is 16.5 Å². The van der Waals surface area contributed by atoms with Gasteiger partial charge in [0.1, 0.15) is 11.5 Å². The van der Waals surface area contributed by atoms with Crippen LogP contribution in [0.5, 0.6) is 0 Å². The van der Waals surface area contributed by atoms with Gasteiger partial charge in [0.15, 0.2) is 10.7 Å². The number of hydrogen-bond acceptors (Lipinski definition) is 6. The predicted octanol–water partition coefficient (Wildman–Crippen LogP) is 1.18. The maximum atomic E-state index is 10.7. The summed E-state index contributed by atoms with van der Waals surface area (Å²) in [5, 5.41) is 11.5. The van der Waals surface area contributed by atoms with Crippen molar-refractivity contribution in [1.29, 1.82) is 0 Å². The smallest absolute Gasteiger partial charge is 0.368 e. The summed E-state index contributed by atoms with van der Waals surface area (Å²) in [6, 6.07) is 0. The summed E-state index contributed by atoms with van der Waals surface area (Å²) >= 11 is 1.13. The summed E-state index contributed by atoms with van der Waals surface area (Å²) in [6.07, 6.45) is 0. The van der Waals surface area contributed by atoms with E-state index in [4.69, 9.17) is 0 Å². The third-order valence-corrected chi connectivity index (χ3v) is 2.65. The van der Waals surface area contributed by atoms with Crippen LogP contribution in [0.2, 0.25) is 0 Å². The highest BCUT2D eigenvalue weighted by Gasteiger charge is 2.26. The van der Waals surface area contributed by atoms with E-state index in [2.05, 4.69) is 4.37 Å². The quantitative estimate of drug-likeness (QED) is 0.561. The maximum absolute atomic E-state index is 10.7. The highest BCUT2D eigenvalue weighted by atomic mass is 32.1. The highest BCUT2D eigenvalue weighted by molar-refractivity contribution is 7.11. The van der Waals surface area contributed by atoms with Gasteiger partial charge in [-0.25, -0.2) is 0 Å². The number of aromatic nitrogens is 1. The summed E-state index contributed by atoms with van der Waals surface area (Å²) in [5.74, 6) is -0.0799. The Labute approximate surface area is 86.1 Å². The Morgan fingerprint density at radius 2 is 1.86 bits per heavy atom. The number of rotatable bonds is 3. The van der Waals surface area contributed by atoms with Gasteiger partial charge in [0, 0.05) is 32.6 Å². The molecule has 6 nitrogen and oxygen atoms in total. The molecule has 0 aliphatic carbocycles. The fourth-order valence-corrected chi connectivity index (χ4v) is 1.92. The first kappa shape index (κ1) is 10.7. The van der Waals surface area contributed by atoms with Crippen molar-refractivity contribution in [3.05, 3.63) is 10.1 Å². The van der Waals surface area contributed by atoms with Crippen molar-refractivity contribution in [2.75, 3.05) is 38.0 Å². The first-order chi connectivity index (χ1) is 6.45. The molecule has 0 amide bonds. The van der Waals surface area contributed by atoms with Gasteiger partial charge in [0.25, 0.3) is 0 Å².